The monoisotopic (exact) mass is 273 g/mol. The van der Waals surface area contributed by atoms with Crippen LogP contribution in [0.3, 0.4) is 0 Å². The Bertz CT molecular complexity index is 546. The minimum Gasteiger partial charge on any atom is -0.493 e. The van der Waals surface area contributed by atoms with Crippen molar-refractivity contribution in [2.24, 2.45) is 5.84 Å². The molecule has 0 spiro atoms. The number of benzene rings is 1. The summed E-state index contributed by atoms with van der Waals surface area (Å²) in [4.78, 5) is 4.06. The SMILES string of the molecule is Cc1cccc(OCCCOc2cccnc2NN)c1. The Morgan fingerprint density at radius 1 is 1.15 bits per heavy atom. The summed E-state index contributed by atoms with van der Waals surface area (Å²) in [6.07, 6.45) is 2.44. The standard InChI is InChI=1S/C15H19N3O2/c1-12-5-2-6-13(11-12)19-9-4-10-20-14-7-3-8-17-15(14)18-16/h2-3,5-8,11H,4,9-10,16H2,1H3,(H,17,18). The molecule has 2 aromatic rings. The number of nitrogen functional groups attached to an aromatic ring is 1. The molecule has 5 heteroatoms. The highest BCUT2D eigenvalue weighted by Crippen LogP contribution is 2.19. The van der Waals surface area contributed by atoms with Gasteiger partial charge in [-0.25, -0.2) is 10.8 Å². The summed E-state index contributed by atoms with van der Waals surface area (Å²) in [7, 11) is 0. The summed E-state index contributed by atoms with van der Waals surface area (Å²) in [5.41, 5.74) is 3.69. The quantitative estimate of drug-likeness (QED) is 0.461. The molecule has 0 atom stereocenters. The zero-order valence-corrected chi connectivity index (χ0v) is 11.5. The summed E-state index contributed by atoms with van der Waals surface area (Å²) >= 11 is 0. The number of hydrogen-bond donors (Lipinski definition) is 2. The Hall–Kier alpha value is -2.27. The van der Waals surface area contributed by atoms with Crippen molar-refractivity contribution in [2.75, 3.05) is 18.6 Å². The van der Waals surface area contributed by atoms with E-state index in [0.29, 0.717) is 24.8 Å². The number of hydrazine groups is 1. The van der Waals surface area contributed by atoms with Crippen molar-refractivity contribution in [1.82, 2.24) is 4.98 Å². The number of aryl methyl sites for hydroxylation is 1. The van der Waals surface area contributed by atoms with Crippen LogP contribution in [0.1, 0.15) is 12.0 Å². The molecule has 1 aromatic carbocycles. The van der Waals surface area contributed by atoms with Gasteiger partial charge in [0.15, 0.2) is 11.6 Å². The van der Waals surface area contributed by atoms with Crippen LogP contribution in [-0.2, 0) is 0 Å². The largest absolute Gasteiger partial charge is 0.493 e. The smallest absolute Gasteiger partial charge is 0.182 e. The van der Waals surface area contributed by atoms with Gasteiger partial charge >= 0.3 is 0 Å². The van der Waals surface area contributed by atoms with E-state index in [2.05, 4.69) is 10.4 Å². The van der Waals surface area contributed by atoms with Crippen LogP contribution in [0.25, 0.3) is 0 Å². The molecule has 0 aliphatic heterocycles. The van der Waals surface area contributed by atoms with Crippen LogP contribution in [0.2, 0.25) is 0 Å². The molecule has 5 nitrogen and oxygen atoms in total. The van der Waals surface area contributed by atoms with Crippen LogP contribution in [0.5, 0.6) is 11.5 Å². The summed E-state index contributed by atoms with van der Waals surface area (Å²) < 4.78 is 11.3. The molecule has 0 aliphatic rings. The molecule has 3 N–H and O–H groups in total. The molecular weight excluding hydrogens is 254 g/mol. The lowest BCUT2D eigenvalue weighted by molar-refractivity contribution is 0.247. The molecule has 0 aliphatic carbocycles. The van der Waals surface area contributed by atoms with Gasteiger partial charge in [-0.2, -0.15) is 0 Å². The van der Waals surface area contributed by atoms with Crippen LogP contribution in [-0.4, -0.2) is 18.2 Å². The van der Waals surface area contributed by atoms with E-state index in [4.69, 9.17) is 15.3 Å². The second-order valence-electron chi connectivity index (χ2n) is 4.36. The van der Waals surface area contributed by atoms with Crippen LogP contribution in [0, 0.1) is 6.92 Å². The number of nitrogens with one attached hydrogen (secondary N) is 1. The number of aromatic nitrogens is 1. The zero-order chi connectivity index (χ0) is 14.2. The number of hydrogen-bond acceptors (Lipinski definition) is 5. The molecular formula is C15H19N3O2. The van der Waals surface area contributed by atoms with Gasteiger partial charge in [0.2, 0.25) is 0 Å². The van der Waals surface area contributed by atoms with Gasteiger partial charge in [-0.15, -0.1) is 0 Å². The average Bonchev–Trinajstić information content (AvgIpc) is 2.47. The molecule has 0 unspecified atom stereocenters. The van der Waals surface area contributed by atoms with Crippen molar-refractivity contribution in [3.8, 4) is 11.5 Å². The van der Waals surface area contributed by atoms with Crippen LogP contribution >= 0.6 is 0 Å². The number of anilines is 1. The number of ether oxygens (including phenoxy) is 2. The van der Waals surface area contributed by atoms with E-state index in [1.165, 1.54) is 5.56 Å². The molecule has 0 amide bonds. The maximum absolute atomic E-state index is 5.65. The second kappa shape index (κ2) is 7.35. The van der Waals surface area contributed by atoms with Gasteiger partial charge in [0.05, 0.1) is 13.2 Å². The first-order chi connectivity index (χ1) is 9.79. The molecule has 2 rings (SSSR count). The summed E-state index contributed by atoms with van der Waals surface area (Å²) in [5, 5.41) is 0. The number of nitrogens with two attached hydrogens (primary N) is 1. The first kappa shape index (κ1) is 14.1. The average molecular weight is 273 g/mol. The molecule has 0 radical (unpaired) electrons. The van der Waals surface area contributed by atoms with Gasteiger partial charge in [0.25, 0.3) is 0 Å². The lowest BCUT2D eigenvalue weighted by atomic mass is 10.2. The van der Waals surface area contributed by atoms with Crippen molar-refractivity contribution in [3.63, 3.8) is 0 Å². The van der Waals surface area contributed by atoms with Gasteiger partial charge in [-0.05, 0) is 36.8 Å². The fourth-order valence-electron chi connectivity index (χ4n) is 1.75. The summed E-state index contributed by atoms with van der Waals surface area (Å²) in [6.45, 7) is 3.20. The topological polar surface area (TPSA) is 69.4 Å². The molecule has 0 fully saturated rings. The lowest BCUT2D eigenvalue weighted by Crippen LogP contribution is -2.11. The van der Waals surface area contributed by atoms with Gasteiger partial charge in [-0.3, -0.25) is 0 Å². The van der Waals surface area contributed by atoms with E-state index in [1.807, 2.05) is 37.3 Å². The predicted molar refractivity (Wildman–Crippen MR) is 78.8 cm³/mol. The van der Waals surface area contributed by atoms with E-state index in [1.54, 1.807) is 12.3 Å². The third kappa shape index (κ3) is 4.13. The molecule has 0 saturated carbocycles. The summed E-state index contributed by atoms with van der Waals surface area (Å²) in [5.74, 6) is 7.42. The lowest BCUT2D eigenvalue weighted by Gasteiger charge is -2.10. The highest BCUT2D eigenvalue weighted by molar-refractivity contribution is 5.48. The van der Waals surface area contributed by atoms with Crippen LogP contribution in [0.4, 0.5) is 5.82 Å². The molecule has 106 valence electrons. The number of pyridine rings is 1. The Morgan fingerprint density at radius 3 is 2.80 bits per heavy atom. The normalized spacial score (nSPS) is 10.1. The van der Waals surface area contributed by atoms with E-state index in [0.717, 1.165) is 12.2 Å². The Kier molecular flexibility index (Phi) is 5.20. The van der Waals surface area contributed by atoms with Gasteiger partial charge < -0.3 is 14.9 Å². The maximum atomic E-state index is 5.65. The minimum atomic E-state index is 0.534. The molecule has 0 saturated heterocycles. The van der Waals surface area contributed by atoms with Gasteiger partial charge in [0.1, 0.15) is 5.75 Å². The van der Waals surface area contributed by atoms with E-state index < -0.39 is 0 Å². The highest BCUT2D eigenvalue weighted by atomic mass is 16.5. The van der Waals surface area contributed by atoms with E-state index in [-0.39, 0.29) is 0 Å². The van der Waals surface area contributed by atoms with Gasteiger partial charge in [0, 0.05) is 12.6 Å². The Labute approximate surface area is 118 Å². The number of rotatable bonds is 7. The predicted octanol–water partition coefficient (Wildman–Crippen LogP) is 2.52. The number of nitrogens with zero attached hydrogens (tertiary/aromatic N) is 1. The van der Waals surface area contributed by atoms with Crippen molar-refractivity contribution >= 4 is 5.82 Å². The fraction of sp³-hybridized carbons (Fsp3) is 0.267. The Morgan fingerprint density at radius 2 is 2.00 bits per heavy atom. The first-order valence-corrected chi connectivity index (χ1v) is 6.53. The maximum Gasteiger partial charge on any atom is 0.182 e. The van der Waals surface area contributed by atoms with E-state index in [9.17, 15) is 0 Å². The third-order valence-electron chi connectivity index (χ3n) is 2.71. The van der Waals surface area contributed by atoms with Crippen molar-refractivity contribution in [2.45, 2.75) is 13.3 Å². The Balaban J connectivity index is 1.71. The van der Waals surface area contributed by atoms with Gasteiger partial charge in [-0.1, -0.05) is 12.1 Å². The van der Waals surface area contributed by atoms with Crippen molar-refractivity contribution in [3.05, 3.63) is 48.2 Å². The highest BCUT2D eigenvalue weighted by Gasteiger charge is 2.02. The molecule has 0 bridgehead atoms. The molecule has 20 heavy (non-hydrogen) atoms. The van der Waals surface area contributed by atoms with Crippen molar-refractivity contribution < 1.29 is 9.47 Å². The molecule has 1 heterocycles. The van der Waals surface area contributed by atoms with Crippen molar-refractivity contribution in [1.29, 1.82) is 0 Å². The summed E-state index contributed by atoms with van der Waals surface area (Å²) in [6, 6.07) is 11.6. The second-order valence-corrected chi connectivity index (χ2v) is 4.36. The fourth-order valence-corrected chi connectivity index (χ4v) is 1.75. The van der Waals surface area contributed by atoms with E-state index >= 15 is 0 Å². The van der Waals surface area contributed by atoms with Crippen LogP contribution < -0.4 is 20.7 Å². The van der Waals surface area contributed by atoms with Crippen LogP contribution in [0.15, 0.2) is 42.6 Å². The molecule has 1 aromatic heterocycles. The first-order valence-electron chi connectivity index (χ1n) is 6.53. The third-order valence-corrected chi connectivity index (χ3v) is 2.71. The minimum absolute atomic E-state index is 0.534. The zero-order valence-electron chi connectivity index (χ0n) is 11.5.